The van der Waals surface area contributed by atoms with Gasteiger partial charge in [-0.1, -0.05) is 0 Å². The zero-order valence-corrected chi connectivity index (χ0v) is 8.20. The lowest BCUT2D eigenvalue weighted by Gasteiger charge is -2.17. The molecule has 86 valence electrons. The molecule has 0 spiro atoms. The molecule has 2 N–H and O–H groups in total. The van der Waals surface area contributed by atoms with Gasteiger partial charge in [0.2, 0.25) is 0 Å². The van der Waals surface area contributed by atoms with Gasteiger partial charge in [-0.05, 0) is 0 Å². The average molecular weight is 226 g/mol. The molecule has 7 nitrogen and oxygen atoms in total. The summed E-state index contributed by atoms with van der Waals surface area (Å²) in [6, 6.07) is 1.24. The molecule has 7 heteroatoms. The van der Waals surface area contributed by atoms with Crippen LogP contribution in [0.4, 0.5) is 0 Å². The van der Waals surface area contributed by atoms with Crippen LogP contribution in [0.15, 0.2) is 21.9 Å². The van der Waals surface area contributed by atoms with Gasteiger partial charge in [0.15, 0.2) is 6.23 Å². The number of aliphatic hydroxyl groups excluding tert-OH is 1. The van der Waals surface area contributed by atoms with E-state index in [4.69, 9.17) is 14.6 Å². The van der Waals surface area contributed by atoms with Gasteiger partial charge in [0.1, 0.15) is 18.3 Å². The van der Waals surface area contributed by atoms with Crippen molar-refractivity contribution in [3.05, 3.63) is 33.1 Å². The lowest BCUT2D eigenvalue weighted by atomic mass is 10.2. The number of aliphatic hydroxyl groups is 1. The number of hydrogen-bond acceptors (Lipinski definition) is 5. The van der Waals surface area contributed by atoms with Crippen LogP contribution in [0, 0.1) is 0 Å². The molecule has 0 radical (unpaired) electrons. The molecular weight excluding hydrogens is 216 g/mol. The van der Waals surface area contributed by atoms with Gasteiger partial charge in [-0.2, -0.15) is 0 Å². The van der Waals surface area contributed by atoms with E-state index in [0.29, 0.717) is 0 Å². The summed E-state index contributed by atoms with van der Waals surface area (Å²) < 4.78 is 12.0. The Labute approximate surface area is 89.2 Å². The first-order valence-corrected chi connectivity index (χ1v) is 4.94. The molecule has 2 saturated heterocycles. The fourth-order valence-corrected chi connectivity index (χ4v) is 2.00. The Hall–Kier alpha value is -1.44. The number of hydrogen-bond donors (Lipinski definition) is 2. The zero-order valence-electron chi connectivity index (χ0n) is 8.20. The minimum Gasteiger partial charge on any atom is -0.394 e. The third-order valence-electron chi connectivity index (χ3n) is 2.83. The summed E-state index contributed by atoms with van der Waals surface area (Å²) in [5.41, 5.74) is -0.989. The van der Waals surface area contributed by atoms with E-state index in [1.165, 1.54) is 16.8 Å². The van der Waals surface area contributed by atoms with Gasteiger partial charge >= 0.3 is 5.69 Å². The number of epoxide rings is 1. The number of aromatic amines is 1. The summed E-state index contributed by atoms with van der Waals surface area (Å²) in [6.07, 6.45) is 0.0551. The molecular formula is C9H10N2O5. The molecule has 1 aromatic heterocycles. The van der Waals surface area contributed by atoms with Crippen molar-refractivity contribution in [1.29, 1.82) is 0 Å². The van der Waals surface area contributed by atoms with E-state index in [2.05, 4.69) is 4.98 Å². The molecule has 0 amide bonds. The second-order valence-corrected chi connectivity index (χ2v) is 3.83. The predicted octanol–water partition coefficient (Wildman–Crippen LogP) is -1.81. The normalized spacial score (nSPS) is 36.1. The molecule has 1 aromatic rings. The summed E-state index contributed by atoms with van der Waals surface area (Å²) in [6.45, 7) is -0.143. The van der Waals surface area contributed by atoms with Gasteiger partial charge in [0, 0.05) is 12.3 Å². The lowest BCUT2D eigenvalue weighted by Crippen LogP contribution is -2.34. The largest absolute Gasteiger partial charge is 0.394 e. The molecule has 2 aliphatic rings. The van der Waals surface area contributed by atoms with Gasteiger partial charge in [0.05, 0.1) is 6.61 Å². The van der Waals surface area contributed by atoms with Crippen molar-refractivity contribution in [3.8, 4) is 0 Å². The van der Waals surface area contributed by atoms with Gasteiger partial charge in [-0.3, -0.25) is 14.3 Å². The Balaban J connectivity index is 1.94. The van der Waals surface area contributed by atoms with Crippen molar-refractivity contribution in [3.63, 3.8) is 0 Å². The first-order valence-electron chi connectivity index (χ1n) is 4.94. The summed E-state index contributed by atoms with van der Waals surface area (Å²) in [5.74, 6) is 0. The topological polar surface area (TPSA) is 96.8 Å². The number of fused-ring (bicyclic) bond motifs is 1. The van der Waals surface area contributed by atoms with E-state index in [1.54, 1.807) is 0 Å². The maximum atomic E-state index is 11.5. The fraction of sp³-hybridized carbons (Fsp3) is 0.556. The predicted molar refractivity (Wildman–Crippen MR) is 51.0 cm³/mol. The van der Waals surface area contributed by atoms with Crippen molar-refractivity contribution in [2.45, 2.75) is 24.5 Å². The van der Waals surface area contributed by atoms with Crippen LogP contribution >= 0.6 is 0 Å². The summed E-state index contributed by atoms with van der Waals surface area (Å²) in [4.78, 5) is 24.5. The number of ether oxygens (including phenoxy) is 2. The smallest absolute Gasteiger partial charge is 0.330 e. The number of H-pyrrole nitrogens is 1. The summed E-state index contributed by atoms with van der Waals surface area (Å²) in [5, 5.41) is 8.99. The van der Waals surface area contributed by atoms with E-state index in [9.17, 15) is 9.59 Å². The van der Waals surface area contributed by atoms with Crippen LogP contribution in [0.25, 0.3) is 0 Å². The SMILES string of the molecule is O=c1ccn([C@@H]2O[C@H](CO)[C@H]3OC23)c(=O)[nH]1. The molecule has 0 bridgehead atoms. The highest BCUT2D eigenvalue weighted by Crippen LogP contribution is 2.43. The Bertz CT molecular complexity index is 521. The van der Waals surface area contributed by atoms with Gasteiger partial charge in [-0.25, -0.2) is 4.79 Å². The van der Waals surface area contributed by atoms with Gasteiger partial charge in [0.25, 0.3) is 5.56 Å². The lowest BCUT2D eigenvalue weighted by molar-refractivity contribution is -0.0856. The number of rotatable bonds is 2. The van der Waals surface area contributed by atoms with Gasteiger partial charge in [-0.15, -0.1) is 0 Å². The summed E-state index contributed by atoms with van der Waals surface area (Å²) >= 11 is 0. The molecule has 1 unspecified atom stereocenters. The highest BCUT2D eigenvalue weighted by atomic mass is 16.7. The van der Waals surface area contributed by atoms with E-state index >= 15 is 0 Å². The highest BCUT2D eigenvalue weighted by Gasteiger charge is 2.58. The van der Waals surface area contributed by atoms with E-state index in [0.717, 1.165) is 0 Å². The van der Waals surface area contributed by atoms with Crippen molar-refractivity contribution in [1.82, 2.24) is 9.55 Å². The number of nitrogens with zero attached hydrogens (tertiary/aromatic N) is 1. The second-order valence-electron chi connectivity index (χ2n) is 3.83. The molecule has 0 aromatic carbocycles. The van der Waals surface area contributed by atoms with Crippen LogP contribution in [0.3, 0.4) is 0 Å². The van der Waals surface area contributed by atoms with Gasteiger partial charge < -0.3 is 14.6 Å². The van der Waals surface area contributed by atoms with Crippen LogP contribution in [-0.4, -0.2) is 39.6 Å². The first kappa shape index (κ1) is 9.76. The quantitative estimate of drug-likeness (QED) is 0.579. The molecule has 0 aliphatic carbocycles. The first-order chi connectivity index (χ1) is 7.70. The molecule has 3 heterocycles. The Kier molecular flexibility index (Phi) is 2.00. The number of aromatic nitrogens is 2. The van der Waals surface area contributed by atoms with Crippen molar-refractivity contribution >= 4 is 0 Å². The Morgan fingerprint density at radius 2 is 2.19 bits per heavy atom. The molecule has 4 atom stereocenters. The zero-order chi connectivity index (χ0) is 11.3. The minimum atomic E-state index is -0.563. The number of nitrogens with one attached hydrogen (secondary N) is 1. The van der Waals surface area contributed by atoms with Crippen LogP contribution in [0.1, 0.15) is 6.23 Å². The molecule has 0 saturated carbocycles. The van der Waals surface area contributed by atoms with Crippen molar-refractivity contribution < 1.29 is 14.6 Å². The van der Waals surface area contributed by atoms with E-state index < -0.39 is 23.6 Å². The van der Waals surface area contributed by atoms with Crippen LogP contribution in [0.2, 0.25) is 0 Å². The third kappa shape index (κ3) is 1.33. The van der Waals surface area contributed by atoms with Crippen LogP contribution in [-0.2, 0) is 9.47 Å². The second kappa shape index (κ2) is 3.27. The minimum absolute atomic E-state index is 0.143. The average Bonchev–Trinajstić information content (AvgIpc) is 2.96. The highest BCUT2D eigenvalue weighted by molar-refractivity contribution is 5.02. The van der Waals surface area contributed by atoms with Crippen molar-refractivity contribution in [2.75, 3.05) is 6.61 Å². The fourth-order valence-electron chi connectivity index (χ4n) is 2.00. The molecule has 2 fully saturated rings. The maximum absolute atomic E-state index is 11.5. The Morgan fingerprint density at radius 3 is 2.81 bits per heavy atom. The van der Waals surface area contributed by atoms with Crippen LogP contribution < -0.4 is 11.2 Å². The van der Waals surface area contributed by atoms with Crippen molar-refractivity contribution in [2.24, 2.45) is 0 Å². The Morgan fingerprint density at radius 1 is 1.38 bits per heavy atom. The molecule has 3 rings (SSSR count). The molecule has 2 aliphatic heterocycles. The van der Waals surface area contributed by atoms with Crippen LogP contribution in [0.5, 0.6) is 0 Å². The monoisotopic (exact) mass is 226 g/mol. The molecule has 16 heavy (non-hydrogen) atoms. The van der Waals surface area contributed by atoms with E-state index in [1.807, 2.05) is 0 Å². The summed E-state index contributed by atoms with van der Waals surface area (Å²) in [7, 11) is 0. The third-order valence-corrected chi connectivity index (χ3v) is 2.83. The standard InChI is InChI=1S/C9H10N2O5/c12-3-4-6-7(16-6)8(15-4)11-2-1-5(13)10-9(11)14/h1-2,4,6-8,12H,3H2,(H,10,13,14)/t4-,6-,7?,8-/m1/s1. The maximum Gasteiger partial charge on any atom is 0.330 e. The van der Waals surface area contributed by atoms with E-state index in [-0.39, 0.29) is 18.8 Å².